The summed E-state index contributed by atoms with van der Waals surface area (Å²) in [6, 6.07) is 7.12. The van der Waals surface area contributed by atoms with Crippen LogP contribution in [0.15, 0.2) is 51.6 Å². The van der Waals surface area contributed by atoms with Gasteiger partial charge in [-0.25, -0.2) is 18.1 Å². The Hall–Kier alpha value is -1.61. The molecule has 0 radical (unpaired) electrons. The topological polar surface area (TPSA) is 72.0 Å². The van der Waals surface area contributed by atoms with Crippen molar-refractivity contribution in [3.63, 3.8) is 0 Å². The highest BCUT2D eigenvalue weighted by Gasteiger charge is 2.14. The fourth-order valence-corrected chi connectivity index (χ4v) is 4.74. The highest BCUT2D eigenvalue weighted by Crippen LogP contribution is 2.21. The Morgan fingerprint density at radius 3 is 2.68 bits per heavy atom. The molecule has 0 unspecified atom stereocenters. The van der Waals surface area contributed by atoms with E-state index in [-0.39, 0.29) is 0 Å². The van der Waals surface area contributed by atoms with Gasteiger partial charge in [0.15, 0.2) is 0 Å². The van der Waals surface area contributed by atoms with Gasteiger partial charge in [0, 0.05) is 36.3 Å². The van der Waals surface area contributed by atoms with Gasteiger partial charge in [-0.2, -0.15) is 0 Å². The molecule has 0 aliphatic carbocycles. The van der Waals surface area contributed by atoms with E-state index in [0.717, 1.165) is 16.3 Å². The van der Waals surface area contributed by atoms with Crippen molar-refractivity contribution in [2.45, 2.75) is 10.6 Å². The molecule has 0 atom stereocenters. The van der Waals surface area contributed by atoms with E-state index in [4.69, 9.17) is 0 Å². The Bertz CT molecular complexity index is 827. The number of nitrogens with one attached hydrogen (secondary N) is 1. The number of rotatable bonds is 6. The molecule has 3 rings (SSSR count). The third-order valence-corrected chi connectivity index (χ3v) is 6.69. The molecule has 5 nitrogen and oxygen atoms in total. The molecule has 3 aromatic heterocycles. The van der Waals surface area contributed by atoms with Crippen LogP contribution in [-0.2, 0) is 16.4 Å². The maximum absolute atomic E-state index is 12.0. The van der Waals surface area contributed by atoms with Crippen molar-refractivity contribution < 1.29 is 8.42 Å². The number of hydrogen-bond acceptors (Lipinski definition) is 6. The average Bonchev–Trinajstić information content (AvgIpc) is 3.20. The minimum Gasteiger partial charge on any atom is -0.265 e. The van der Waals surface area contributed by atoms with Gasteiger partial charge in [0.25, 0.3) is 0 Å². The Morgan fingerprint density at radius 1 is 1.14 bits per heavy atom. The molecule has 8 heteroatoms. The summed E-state index contributed by atoms with van der Waals surface area (Å²) >= 11 is 2.74. The molecule has 0 saturated carbocycles. The first-order valence-electron chi connectivity index (χ1n) is 6.53. The monoisotopic (exact) mass is 351 g/mol. The van der Waals surface area contributed by atoms with Crippen molar-refractivity contribution in [3.8, 4) is 11.3 Å². The number of thiazole rings is 1. The van der Waals surface area contributed by atoms with Gasteiger partial charge in [-0.3, -0.25) is 4.98 Å². The standard InChI is InChI=1S/C14H13N3O2S3/c18-22(19,14-2-1-9-20-14)16-8-5-13-17-12(10-21-13)11-3-6-15-7-4-11/h1-4,6-7,9-10,16H,5,8H2. The molecule has 3 heterocycles. The van der Waals surface area contributed by atoms with Gasteiger partial charge < -0.3 is 0 Å². The summed E-state index contributed by atoms with van der Waals surface area (Å²) in [6.07, 6.45) is 4.02. The van der Waals surface area contributed by atoms with Gasteiger partial charge in [0.2, 0.25) is 10.0 Å². The third kappa shape index (κ3) is 3.58. The van der Waals surface area contributed by atoms with Crippen LogP contribution in [0.1, 0.15) is 5.01 Å². The second-order valence-corrected chi connectivity index (χ2v) is 8.33. The highest BCUT2D eigenvalue weighted by molar-refractivity contribution is 7.91. The van der Waals surface area contributed by atoms with Gasteiger partial charge in [0.1, 0.15) is 4.21 Å². The van der Waals surface area contributed by atoms with Crippen molar-refractivity contribution in [2.75, 3.05) is 6.54 Å². The van der Waals surface area contributed by atoms with Crippen LogP contribution in [0.5, 0.6) is 0 Å². The summed E-state index contributed by atoms with van der Waals surface area (Å²) in [5.74, 6) is 0. The zero-order valence-electron chi connectivity index (χ0n) is 11.5. The highest BCUT2D eigenvalue weighted by atomic mass is 32.2. The zero-order chi connectivity index (χ0) is 15.4. The van der Waals surface area contributed by atoms with Crippen LogP contribution in [-0.4, -0.2) is 24.9 Å². The van der Waals surface area contributed by atoms with Crippen LogP contribution in [0.2, 0.25) is 0 Å². The molecule has 0 bridgehead atoms. The summed E-state index contributed by atoms with van der Waals surface area (Å²) < 4.78 is 26.9. The summed E-state index contributed by atoms with van der Waals surface area (Å²) in [7, 11) is -3.40. The third-order valence-electron chi connectivity index (χ3n) is 2.92. The lowest BCUT2D eigenvalue weighted by Crippen LogP contribution is -2.25. The van der Waals surface area contributed by atoms with Crippen molar-refractivity contribution in [2.24, 2.45) is 0 Å². The summed E-state index contributed by atoms with van der Waals surface area (Å²) in [5, 5.41) is 4.62. The van der Waals surface area contributed by atoms with Crippen molar-refractivity contribution in [1.82, 2.24) is 14.7 Å². The molecule has 0 fully saturated rings. The number of thiophene rings is 1. The second kappa shape index (κ2) is 6.66. The first-order chi connectivity index (χ1) is 10.6. The van der Waals surface area contributed by atoms with Crippen LogP contribution in [0.3, 0.4) is 0 Å². The SMILES string of the molecule is O=S(=O)(NCCc1nc(-c2ccncc2)cs1)c1cccs1. The van der Waals surface area contributed by atoms with E-state index in [1.54, 1.807) is 29.9 Å². The molecule has 0 aliphatic rings. The van der Waals surface area contributed by atoms with E-state index in [1.165, 1.54) is 22.7 Å². The first-order valence-corrected chi connectivity index (χ1v) is 9.77. The van der Waals surface area contributed by atoms with Crippen LogP contribution in [0.25, 0.3) is 11.3 Å². The van der Waals surface area contributed by atoms with Crippen molar-refractivity contribution in [1.29, 1.82) is 0 Å². The van der Waals surface area contributed by atoms with Crippen LogP contribution >= 0.6 is 22.7 Å². The molecule has 3 aromatic rings. The quantitative estimate of drug-likeness (QED) is 0.741. The summed E-state index contributed by atoms with van der Waals surface area (Å²) in [5.41, 5.74) is 1.90. The molecule has 0 aromatic carbocycles. The fourth-order valence-electron chi connectivity index (χ4n) is 1.86. The fraction of sp³-hybridized carbons (Fsp3) is 0.143. The van der Waals surface area contributed by atoms with Gasteiger partial charge in [-0.1, -0.05) is 6.07 Å². The minimum absolute atomic E-state index is 0.337. The lowest BCUT2D eigenvalue weighted by molar-refractivity contribution is 0.583. The molecule has 0 amide bonds. The minimum atomic E-state index is -3.40. The number of nitrogens with zero attached hydrogens (tertiary/aromatic N) is 2. The number of sulfonamides is 1. The van der Waals surface area contributed by atoms with Gasteiger partial charge in [-0.15, -0.1) is 22.7 Å². The Kier molecular flexibility index (Phi) is 4.63. The van der Waals surface area contributed by atoms with Gasteiger partial charge in [-0.05, 0) is 23.6 Å². The summed E-state index contributed by atoms with van der Waals surface area (Å²) in [4.78, 5) is 8.50. The maximum atomic E-state index is 12.0. The average molecular weight is 351 g/mol. The molecular formula is C14H13N3O2S3. The van der Waals surface area contributed by atoms with Crippen LogP contribution < -0.4 is 4.72 Å². The molecular weight excluding hydrogens is 338 g/mol. The predicted molar refractivity (Wildman–Crippen MR) is 88.6 cm³/mol. The van der Waals surface area contributed by atoms with Crippen molar-refractivity contribution in [3.05, 3.63) is 52.4 Å². The predicted octanol–water partition coefficient (Wildman–Crippen LogP) is 2.79. The number of aromatic nitrogens is 2. The Balaban J connectivity index is 1.60. The lowest BCUT2D eigenvalue weighted by Gasteiger charge is -2.02. The lowest BCUT2D eigenvalue weighted by atomic mass is 10.2. The largest absolute Gasteiger partial charge is 0.265 e. The Labute approximate surface area is 136 Å². The molecule has 0 saturated heterocycles. The zero-order valence-corrected chi connectivity index (χ0v) is 13.9. The Morgan fingerprint density at radius 2 is 1.95 bits per heavy atom. The molecule has 22 heavy (non-hydrogen) atoms. The maximum Gasteiger partial charge on any atom is 0.250 e. The van der Waals surface area contributed by atoms with Crippen LogP contribution in [0, 0.1) is 0 Å². The molecule has 0 spiro atoms. The van der Waals surface area contributed by atoms with Gasteiger partial charge >= 0.3 is 0 Å². The molecule has 114 valence electrons. The van der Waals surface area contributed by atoms with E-state index in [0.29, 0.717) is 17.2 Å². The van der Waals surface area contributed by atoms with Gasteiger partial charge in [0.05, 0.1) is 10.7 Å². The van der Waals surface area contributed by atoms with E-state index in [1.807, 2.05) is 17.5 Å². The van der Waals surface area contributed by atoms with E-state index >= 15 is 0 Å². The van der Waals surface area contributed by atoms with Crippen molar-refractivity contribution >= 4 is 32.7 Å². The van der Waals surface area contributed by atoms with E-state index < -0.39 is 10.0 Å². The normalized spacial score (nSPS) is 11.6. The number of hydrogen-bond donors (Lipinski definition) is 1. The first kappa shape index (κ1) is 15.3. The van der Waals surface area contributed by atoms with E-state index in [2.05, 4.69) is 14.7 Å². The molecule has 0 aliphatic heterocycles. The molecule has 1 N–H and O–H groups in total. The van der Waals surface area contributed by atoms with Crippen LogP contribution in [0.4, 0.5) is 0 Å². The smallest absolute Gasteiger partial charge is 0.250 e. The summed E-state index contributed by atoms with van der Waals surface area (Å²) in [6.45, 7) is 0.337. The second-order valence-electron chi connectivity index (χ2n) is 4.44. The number of pyridine rings is 1. The van der Waals surface area contributed by atoms with E-state index in [9.17, 15) is 8.42 Å².